The van der Waals surface area contributed by atoms with Crippen LogP contribution in [0.25, 0.3) is 0 Å². The van der Waals surface area contributed by atoms with Crippen molar-refractivity contribution in [1.29, 1.82) is 0 Å². The Balaban J connectivity index is 1.96. The van der Waals surface area contributed by atoms with Crippen molar-refractivity contribution in [3.63, 3.8) is 0 Å². The third-order valence-electron chi connectivity index (χ3n) is 3.72. The van der Waals surface area contributed by atoms with Gasteiger partial charge in [0.2, 0.25) is 0 Å². The zero-order valence-corrected chi connectivity index (χ0v) is 12.4. The van der Waals surface area contributed by atoms with Gasteiger partial charge >= 0.3 is 6.03 Å². The van der Waals surface area contributed by atoms with Gasteiger partial charge in [-0.05, 0) is 28.8 Å². The molecule has 1 heterocycles. The third kappa shape index (κ3) is 2.60. The van der Waals surface area contributed by atoms with Crippen LogP contribution in [0.2, 0.25) is 5.02 Å². The van der Waals surface area contributed by atoms with E-state index in [0.717, 1.165) is 22.4 Å². The summed E-state index contributed by atoms with van der Waals surface area (Å²) in [6, 6.07) is 13.1. The number of carbonyl (C=O) groups excluding carboxylic acids is 1. The summed E-state index contributed by atoms with van der Waals surface area (Å²) in [5.74, 6) is 0. The van der Waals surface area contributed by atoms with E-state index in [1.165, 1.54) is 0 Å². The fraction of sp³-hybridized carbons (Fsp3) is 0.188. The maximum absolute atomic E-state index is 11.6. The van der Waals surface area contributed by atoms with Crippen LogP contribution < -0.4 is 11.1 Å². The summed E-state index contributed by atoms with van der Waals surface area (Å²) in [6.45, 7) is 0.574. The predicted molar refractivity (Wildman–Crippen MR) is 84.4 cm³/mol. The Morgan fingerprint density at radius 1 is 1.29 bits per heavy atom. The Bertz CT molecular complexity index is 702. The Morgan fingerprint density at radius 2 is 2.05 bits per heavy atom. The van der Waals surface area contributed by atoms with Gasteiger partial charge in [0.1, 0.15) is 0 Å². The zero-order valence-electron chi connectivity index (χ0n) is 11.6. The molecule has 0 radical (unpaired) electrons. The molecule has 3 N–H and O–H groups in total. The van der Waals surface area contributed by atoms with Crippen LogP contribution in [-0.2, 0) is 6.54 Å². The summed E-state index contributed by atoms with van der Waals surface area (Å²) >= 11 is 6.21. The lowest BCUT2D eigenvalue weighted by atomic mass is 9.96. The van der Waals surface area contributed by atoms with Crippen LogP contribution in [0.3, 0.4) is 0 Å². The Morgan fingerprint density at radius 3 is 2.81 bits per heavy atom. The molecular formula is C16H16ClN3O. The first kappa shape index (κ1) is 13.9. The minimum atomic E-state index is -0.285. The second-order valence-electron chi connectivity index (χ2n) is 5.20. The van der Waals surface area contributed by atoms with E-state index in [9.17, 15) is 4.79 Å². The quantitative estimate of drug-likeness (QED) is 0.893. The highest BCUT2D eigenvalue weighted by atomic mass is 35.5. The second-order valence-corrected chi connectivity index (χ2v) is 5.61. The van der Waals surface area contributed by atoms with Crippen LogP contribution >= 0.6 is 11.6 Å². The number of fused-ring (bicyclic) bond motifs is 1. The topological polar surface area (TPSA) is 58.4 Å². The van der Waals surface area contributed by atoms with E-state index >= 15 is 0 Å². The van der Waals surface area contributed by atoms with Crippen molar-refractivity contribution in [1.82, 2.24) is 4.90 Å². The predicted octanol–water partition coefficient (Wildman–Crippen LogP) is 3.37. The number of hydrogen-bond acceptors (Lipinski definition) is 2. The molecule has 3 rings (SSSR count). The third-order valence-corrected chi connectivity index (χ3v) is 4.07. The molecule has 1 atom stereocenters. The fourth-order valence-electron chi connectivity index (χ4n) is 2.50. The minimum Gasteiger partial charge on any atom is -0.323 e. The fourth-order valence-corrected chi connectivity index (χ4v) is 2.76. The highest BCUT2D eigenvalue weighted by molar-refractivity contribution is 6.31. The summed E-state index contributed by atoms with van der Waals surface area (Å²) in [6.07, 6.45) is 0. The monoisotopic (exact) mass is 301 g/mol. The first-order chi connectivity index (χ1) is 10.1. The number of carbonyl (C=O) groups is 1. The van der Waals surface area contributed by atoms with Crippen molar-refractivity contribution in [2.24, 2.45) is 5.73 Å². The summed E-state index contributed by atoms with van der Waals surface area (Å²) in [7, 11) is 1.76. The highest BCUT2D eigenvalue weighted by Gasteiger charge is 2.21. The maximum Gasteiger partial charge on any atom is 0.321 e. The van der Waals surface area contributed by atoms with Gasteiger partial charge in [-0.2, -0.15) is 0 Å². The van der Waals surface area contributed by atoms with Crippen molar-refractivity contribution in [2.75, 3.05) is 12.4 Å². The van der Waals surface area contributed by atoms with Gasteiger partial charge in [0.25, 0.3) is 0 Å². The molecule has 0 spiro atoms. The number of halogens is 1. The molecule has 0 saturated heterocycles. The van der Waals surface area contributed by atoms with Gasteiger partial charge in [-0.1, -0.05) is 41.9 Å². The van der Waals surface area contributed by atoms with Crippen molar-refractivity contribution in [3.8, 4) is 0 Å². The Kier molecular flexibility index (Phi) is 3.57. The molecular weight excluding hydrogens is 286 g/mol. The van der Waals surface area contributed by atoms with E-state index in [-0.39, 0.29) is 12.1 Å². The van der Waals surface area contributed by atoms with Gasteiger partial charge in [-0.25, -0.2) is 4.79 Å². The average molecular weight is 302 g/mol. The molecule has 4 nitrogen and oxygen atoms in total. The number of nitrogens with one attached hydrogen (secondary N) is 1. The van der Waals surface area contributed by atoms with Gasteiger partial charge in [-0.3, -0.25) is 0 Å². The van der Waals surface area contributed by atoms with Crippen molar-refractivity contribution in [2.45, 2.75) is 12.6 Å². The molecule has 1 aliphatic rings. The molecule has 0 fully saturated rings. The lowest BCUT2D eigenvalue weighted by Crippen LogP contribution is -2.35. The second kappa shape index (κ2) is 5.39. The van der Waals surface area contributed by atoms with Gasteiger partial charge in [0, 0.05) is 24.3 Å². The number of anilines is 1. The lowest BCUT2D eigenvalue weighted by molar-refractivity contribution is 0.218. The normalized spacial score (nSPS) is 15.4. The molecule has 108 valence electrons. The molecule has 2 aromatic rings. The van der Waals surface area contributed by atoms with Crippen LogP contribution in [0.15, 0.2) is 42.5 Å². The van der Waals surface area contributed by atoms with Crippen LogP contribution in [0.1, 0.15) is 22.7 Å². The minimum absolute atomic E-state index is 0.0920. The van der Waals surface area contributed by atoms with Crippen molar-refractivity contribution >= 4 is 23.3 Å². The number of urea groups is 1. The number of nitrogens with two attached hydrogens (primary N) is 1. The SMILES string of the molecule is CN1Cc2cc(C(N)c3ccccc3Cl)ccc2NC1=O. The van der Waals surface area contributed by atoms with Crippen LogP contribution in [0.4, 0.5) is 10.5 Å². The van der Waals surface area contributed by atoms with Gasteiger partial charge < -0.3 is 16.0 Å². The first-order valence-electron chi connectivity index (χ1n) is 6.71. The summed E-state index contributed by atoms with van der Waals surface area (Å²) in [4.78, 5) is 13.2. The van der Waals surface area contributed by atoms with E-state index in [4.69, 9.17) is 17.3 Å². The largest absolute Gasteiger partial charge is 0.323 e. The van der Waals surface area contributed by atoms with Crippen LogP contribution in [-0.4, -0.2) is 18.0 Å². The number of nitrogens with zero attached hydrogens (tertiary/aromatic N) is 1. The van der Waals surface area contributed by atoms with Gasteiger partial charge in [0.05, 0.1) is 6.04 Å². The van der Waals surface area contributed by atoms with Crippen molar-refractivity contribution < 1.29 is 4.79 Å². The molecule has 2 aromatic carbocycles. The highest BCUT2D eigenvalue weighted by Crippen LogP contribution is 2.30. The number of amides is 2. The molecule has 0 bridgehead atoms. The lowest BCUT2D eigenvalue weighted by Gasteiger charge is -2.27. The molecule has 2 amide bonds. The van der Waals surface area contributed by atoms with Gasteiger partial charge in [-0.15, -0.1) is 0 Å². The van der Waals surface area contributed by atoms with Crippen molar-refractivity contribution in [3.05, 3.63) is 64.2 Å². The van der Waals surface area contributed by atoms with Gasteiger partial charge in [0.15, 0.2) is 0 Å². The molecule has 0 aromatic heterocycles. The number of hydrogen-bond donors (Lipinski definition) is 2. The summed E-state index contributed by atoms with van der Waals surface area (Å²) in [5.41, 5.74) is 10.1. The smallest absolute Gasteiger partial charge is 0.321 e. The molecule has 1 unspecified atom stereocenters. The standard InChI is InChI=1S/C16H16ClN3O/c1-20-9-11-8-10(6-7-14(11)19-16(20)21)15(18)12-4-2-3-5-13(12)17/h2-8,15H,9,18H2,1H3,(H,19,21). The van der Waals surface area contributed by atoms with Crippen LogP contribution in [0, 0.1) is 0 Å². The molecule has 5 heteroatoms. The van der Waals surface area contributed by atoms with E-state index in [2.05, 4.69) is 5.32 Å². The molecule has 0 aliphatic carbocycles. The summed E-state index contributed by atoms with van der Waals surface area (Å²) < 4.78 is 0. The summed E-state index contributed by atoms with van der Waals surface area (Å²) in [5, 5.41) is 3.51. The molecule has 21 heavy (non-hydrogen) atoms. The zero-order chi connectivity index (χ0) is 15.0. The Labute approximate surface area is 128 Å². The van der Waals surface area contributed by atoms with E-state index in [1.54, 1.807) is 11.9 Å². The van der Waals surface area contributed by atoms with E-state index in [1.807, 2.05) is 42.5 Å². The maximum atomic E-state index is 11.6. The van der Waals surface area contributed by atoms with E-state index < -0.39 is 0 Å². The molecule has 1 aliphatic heterocycles. The average Bonchev–Trinajstić information content (AvgIpc) is 2.48. The molecule has 0 saturated carbocycles. The van der Waals surface area contributed by atoms with E-state index in [0.29, 0.717) is 11.6 Å². The van der Waals surface area contributed by atoms with Crippen LogP contribution in [0.5, 0.6) is 0 Å². The number of benzene rings is 2. The first-order valence-corrected chi connectivity index (χ1v) is 7.09. The Hall–Kier alpha value is -2.04. The number of rotatable bonds is 2.